The minimum absolute atomic E-state index is 0.312. The molecule has 1 amide bonds. The number of aromatic nitrogens is 3. The van der Waals surface area contributed by atoms with Crippen LogP contribution in [0.15, 0.2) is 48.5 Å². The number of ether oxygens (including phenoxy) is 1. The molecule has 2 aromatic carbocycles. The van der Waals surface area contributed by atoms with Crippen LogP contribution in [0.2, 0.25) is 0 Å². The summed E-state index contributed by atoms with van der Waals surface area (Å²) < 4.78 is 6.81. The van der Waals surface area contributed by atoms with Gasteiger partial charge in [-0.05, 0) is 37.1 Å². The summed E-state index contributed by atoms with van der Waals surface area (Å²) >= 11 is 0. The van der Waals surface area contributed by atoms with E-state index in [0.717, 1.165) is 17.5 Å². The second-order valence-electron chi connectivity index (χ2n) is 5.77. The van der Waals surface area contributed by atoms with Crippen molar-refractivity contribution < 1.29 is 14.3 Å². The van der Waals surface area contributed by atoms with Crippen molar-refractivity contribution in [2.24, 2.45) is 0 Å². The summed E-state index contributed by atoms with van der Waals surface area (Å²) in [6.07, 6.45) is 0.726. The highest BCUT2D eigenvalue weighted by Crippen LogP contribution is 2.14. The van der Waals surface area contributed by atoms with Crippen LogP contribution < -0.4 is 5.32 Å². The van der Waals surface area contributed by atoms with Gasteiger partial charge in [-0.2, -0.15) is 0 Å². The Hall–Kier alpha value is -3.22. The van der Waals surface area contributed by atoms with E-state index < -0.39 is 5.97 Å². The molecule has 0 unspecified atom stereocenters. The molecule has 134 valence electrons. The quantitative estimate of drug-likeness (QED) is 0.657. The van der Waals surface area contributed by atoms with E-state index in [4.69, 9.17) is 4.74 Å². The van der Waals surface area contributed by atoms with Crippen molar-refractivity contribution in [3.63, 3.8) is 0 Å². The number of hydrogen-bond acceptors (Lipinski definition) is 5. The first kappa shape index (κ1) is 17.6. The Morgan fingerprint density at radius 2 is 1.96 bits per heavy atom. The third-order valence-corrected chi connectivity index (χ3v) is 3.96. The number of nitrogens with one attached hydrogen (secondary N) is 1. The molecule has 1 heterocycles. The highest BCUT2D eigenvalue weighted by atomic mass is 16.5. The number of esters is 1. The van der Waals surface area contributed by atoms with Gasteiger partial charge in [0.2, 0.25) is 0 Å². The van der Waals surface area contributed by atoms with Gasteiger partial charge in [-0.1, -0.05) is 35.5 Å². The van der Waals surface area contributed by atoms with Gasteiger partial charge in [0, 0.05) is 13.1 Å². The average molecular weight is 352 g/mol. The van der Waals surface area contributed by atoms with Gasteiger partial charge in [0.1, 0.15) is 5.52 Å². The molecule has 0 saturated carbocycles. The Bertz CT molecular complexity index is 906. The molecular formula is C19H20N4O3. The van der Waals surface area contributed by atoms with E-state index >= 15 is 0 Å². The summed E-state index contributed by atoms with van der Waals surface area (Å²) in [6.45, 7) is 2.84. The predicted molar refractivity (Wildman–Crippen MR) is 96.6 cm³/mol. The second kappa shape index (κ2) is 8.24. The Morgan fingerprint density at radius 3 is 2.73 bits per heavy atom. The van der Waals surface area contributed by atoms with Crippen LogP contribution in [-0.4, -0.2) is 40.0 Å². The van der Waals surface area contributed by atoms with Gasteiger partial charge < -0.3 is 10.1 Å². The number of nitrogens with zero attached hydrogens (tertiary/aromatic N) is 3. The fourth-order valence-corrected chi connectivity index (χ4v) is 2.59. The molecule has 0 bridgehead atoms. The zero-order chi connectivity index (χ0) is 18.4. The maximum absolute atomic E-state index is 12.1. The number of fused-ring (bicyclic) bond motifs is 1. The van der Waals surface area contributed by atoms with Gasteiger partial charge >= 0.3 is 5.97 Å². The lowest BCUT2D eigenvalue weighted by atomic mass is 10.1. The first-order chi connectivity index (χ1) is 12.7. The molecule has 1 N–H and O–H groups in total. The maximum atomic E-state index is 12.1. The zero-order valence-corrected chi connectivity index (χ0v) is 14.5. The lowest BCUT2D eigenvalue weighted by molar-refractivity contribution is -0.124. The fourth-order valence-electron chi connectivity index (χ4n) is 2.59. The normalized spacial score (nSPS) is 10.7. The summed E-state index contributed by atoms with van der Waals surface area (Å²) in [5, 5.41) is 10.8. The van der Waals surface area contributed by atoms with E-state index in [2.05, 4.69) is 15.6 Å². The van der Waals surface area contributed by atoms with E-state index in [9.17, 15) is 9.59 Å². The third kappa shape index (κ3) is 4.24. The Labute approximate surface area is 151 Å². The van der Waals surface area contributed by atoms with Gasteiger partial charge in [0.05, 0.1) is 11.1 Å². The number of benzene rings is 2. The molecule has 3 aromatic rings. The van der Waals surface area contributed by atoms with Gasteiger partial charge in [-0.15, -0.1) is 5.10 Å². The Morgan fingerprint density at radius 1 is 1.15 bits per heavy atom. The summed E-state index contributed by atoms with van der Waals surface area (Å²) in [7, 11) is 0. The third-order valence-electron chi connectivity index (χ3n) is 3.96. The van der Waals surface area contributed by atoms with Crippen molar-refractivity contribution >= 4 is 22.9 Å². The van der Waals surface area contributed by atoms with Crippen LogP contribution >= 0.6 is 0 Å². The van der Waals surface area contributed by atoms with Crippen LogP contribution in [0.3, 0.4) is 0 Å². The van der Waals surface area contributed by atoms with Gasteiger partial charge in [0.15, 0.2) is 6.61 Å². The van der Waals surface area contributed by atoms with Crippen molar-refractivity contribution in [3.05, 3.63) is 59.7 Å². The lowest BCUT2D eigenvalue weighted by Crippen LogP contribution is -2.30. The molecule has 0 aliphatic rings. The van der Waals surface area contributed by atoms with Crippen molar-refractivity contribution in [1.82, 2.24) is 20.3 Å². The molecule has 0 atom stereocenters. The van der Waals surface area contributed by atoms with Crippen LogP contribution in [-0.2, 0) is 22.5 Å². The molecule has 26 heavy (non-hydrogen) atoms. The summed E-state index contributed by atoms with van der Waals surface area (Å²) in [4.78, 5) is 23.9. The predicted octanol–water partition coefficient (Wildman–Crippen LogP) is 1.97. The number of aryl methyl sites for hydroxylation is 1. The molecule has 3 rings (SSSR count). The summed E-state index contributed by atoms with van der Waals surface area (Å²) in [6, 6.07) is 14.9. The summed E-state index contributed by atoms with van der Waals surface area (Å²) in [5.74, 6) is -0.886. The standard InChI is InChI=1S/C19H20N4O3/c1-2-23-17-9-8-15(12-16(17)21-22-23)19(25)26-13-18(24)20-11-10-14-6-4-3-5-7-14/h3-9,12H,2,10-11,13H2,1H3,(H,20,24). The number of amides is 1. The molecule has 0 spiro atoms. The maximum Gasteiger partial charge on any atom is 0.338 e. The monoisotopic (exact) mass is 352 g/mol. The number of rotatable bonds is 7. The summed E-state index contributed by atoms with van der Waals surface area (Å²) in [5.41, 5.74) is 2.95. The van der Waals surface area contributed by atoms with Crippen LogP contribution in [0.25, 0.3) is 11.0 Å². The van der Waals surface area contributed by atoms with Crippen molar-refractivity contribution in [2.75, 3.05) is 13.2 Å². The minimum atomic E-state index is -0.559. The molecule has 7 heteroatoms. The number of hydrogen-bond donors (Lipinski definition) is 1. The van der Waals surface area contributed by atoms with E-state index in [0.29, 0.717) is 24.2 Å². The molecule has 0 aliphatic heterocycles. The lowest BCUT2D eigenvalue weighted by Gasteiger charge is -2.07. The van der Waals surface area contributed by atoms with Crippen molar-refractivity contribution in [1.29, 1.82) is 0 Å². The fraction of sp³-hybridized carbons (Fsp3) is 0.263. The zero-order valence-electron chi connectivity index (χ0n) is 14.5. The molecule has 7 nitrogen and oxygen atoms in total. The van der Waals surface area contributed by atoms with Gasteiger partial charge in [0.25, 0.3) is 5.91 Å². The molecule has 0 aliphatic carbocycles. The first-order valence-electron chi connectivity index (χ1n) is 8.48. The topological polar surface area (TPSA) is 86.1 Å². The molecule has 0 saturated heterocycles. The van der Waals surface area contributed by atoms with E-state index in [-0.39, 0.29) is 12.5 Å². The van der Waals surface area contributed by atoms with Crippen LogP contribution in [0.4, 0.5) is 0 Å². The van der Waals surface area contributed by atoms with Crippen LogP contribution in [0, 0.1) is 0 Å². The van der Waals surface area contributed by atoms with Crippen LogP contribution in [0.1, 0.15) is 22.8 Å². The average Bonchev–Trinajstić information content (AvgIpc) is 3.09. The molecule has 0 fully saturated rings. The molecule has 1 aromatic heterocycles. The molecule has 0 radical (unpaired) electrons. The largest absolute Gasteiger partial charge is 0.452 e. The second-order valence-corrected chi connectivity index (χ2v) is 5.77. The van der Waals surface area contributed by atoms with Crippen LogP contribution in [0.5, 0.6) is 0 Å². The van der Waals surface area contributed by atoms with Gasteiger partial charge in [-0.3, -0.25) is 4.79 Å². The number of carbonyl (C=O) groups is 2. The highest BCUT2D eigenvalue weighted by molar-refractivity contribution is 5.94. The highest BCUT2D eigenvalue weighted by Gasteiger charge is 2.12. The van der Waals surface area contributed by atoms with Gasteiger partial charge in [-0.25, -0.2) is 9.48 Å². The van der Waals surface area contributed by atoms with E-state index in [1.807, 2.05) is 37.3 Å². The minimum Gasteiger partial charge on any atom is -0.452 e. The number of carbonyl (C=O) groups excluding carboxylic acids is 2. The first-order valence-corrected chi connectivity index (χ1v) is 8.48. The smallest absolute Gasteiger partial charge is 0.338 e. The van der Waals surface area contributed by atoms with E-state index in [1.165, 1.54) is 0 Å². The Balaban J connectivity index is 1.48. The van der Waals surface area contributed by atoms with E-state index in [1.54, 1.807) is 22.9 Å². The SMILES string of the molecule is CCn1nnc2cc(C(=O)OCC(=O)NCCc3ccccc3)ccc21. The van der Waals surface area contributed by atoms with Crippen molar-refractivity contribution in [2.45, 2.75) is 19.9 Å². The van der Waals surface area contributed by atoms with Crippen molar-refractivity contribution in [3.8, 4) is 0 Å². The Kier molecular flexibility index (Phi) is 5.58. The molecular weight excluding hydrogens is 332 g/mol.